The van der Waals surface area contributed by atoms with E-state index in [1.54, 1.807) is 29.8 Å². The minimum absolute atomic E-state index is 0.293. The molecule has 0 atom stereocenters. The third-order valence-corrected chi connectivity index (χ3v) is 14.4. The Labute approximate surface area is 101 Å². The molecule has 0 radical (unpaired) electrons. The van der Waals surface area contributed by atoms with Crippen LogP contribution in [0.25, 0.3) is 0 Å². The van der Waals surface area contributed by atoms with Crippen molar-refractivity contribution >= 4 is 17.6 Å². The Morgan fingerprint density at radius 2 is 0.800 bits per heavy atom. The minimum atomic E-state index is -0.293. The van der Waals surface area contributed by atoms with Gasteiger partial charge in [0.1, 0.15) is 0 Å². The summed E-state index contributed by atoms with van der Waals surface area (Å²) < 4.78 is 0. The van der Waals surface area contributed by atoms with E-state index in [-0.39, 0.29) is 17.6 Å². The van der Waals surface area contributed by atoms with Gasteiger partial charge in [0.15, 0.2) is 0 Å². The van der Waals surface area contributed by atoms with E-state index in [0.29, 0.717) is 0 Å². The van der Waals surface area contributed by atoms with Gasteiger partial charge in [0.2, 0.25) is 0 Å². The highest BCUT2D eigenvalue weighted by atomic mass is 28.3. The van der Waals surface area contributed by atoms with Crippen molar-refractivity contribution in [3.63, 3.8) is 0 Å². The summed E-state index contributed by atoms with van der Waals surface area (Å²) in [7, 11) is -0.586. The standard InChI is InChI=1S/C13H32Si2/c1-5-9-14(10-6-2)13-15(11-7-3)12-8-4/h14-15H,5-13H2,1-4H3. The van der Waals surface area contributed by atoms with Gasteiger partial charge in [-0.3, -0.25) is 0 Å². The van der Waals surface area contributed by atoms with Gasteiger partial charge in [-0.25, -0.2) is 0 Å². The van der Waals surface area contributed by atoms with E-state index in [1.165, 1.54) is 25.7 Å². The summed E-state index contributed by atoms with van der Waals surface area (Å²) in [4.78, 5) is 0. The van der Waals surface area contributed by atoms with Crippen LogP contribution in [0, 0.1) is 0 Å². The topological polar surface area (TPSA) is 0 Å². The molecule has 0 aliphatic heterocycles. The van der Waals surface area contributed by atoms with Gasteiger partial charge >= 0.3 is 0 Å². The molecule has 0 fully saturated rings. The lowest BCUT2D eigenvalue weighted by Crippen LogP contribution is -2.23. The van der Waals surface area contributed by atoms with Crippen LogP contribution in [0.4, 0.5) is 0 Å². The van der Waals surface area contributed by atoms with Gasteiger partial charge in [0, 0.05) is 17.6 Å². The normalized spacial score (nSPS) is 11.6. The quantitative estimate of drug-likeness (QED) is 0.492. The summed E-state index contributed by atoms with van der Waals surface area (Å²) >= 11 is 0. The minimum Gasteiger partial charge on any atom is -0.0664 e. The maximum Gasteiger partial charge on any atom is 0.0338 e. The van der Waals surface area contributed by atoms with Crippen LogP contribution < -0.4 is 0 Å². The molecule has 0 aromatic heterocycles. The van der Waals surface area contributed by atoms with E-state index in [1.807, 2.05) is 0 Å². The highest BCUT2D eigenvalue weighted by Crippen LogP contribution is 2.18. The molecular formula is C13H32Si2. The summed E-state index contributed by atoms with van der Waals surface area (Å²) in [5.74, 6) is 0. The Balaban J connectivity index is 3.93. The zero-order valence-electron chi connectivity index (χ0n) is 11.5. The summed E-state index contributed by atoms with van der Waals surface area (Å²) in [6.45, 7) is 9.52. The summed E-state index contributed by atoms with van der Waals surface area (Å²) in [6.07, 6.45) is 5.82. The predicted octanol–water partition coefficient (Wildman–Crippen LogP) is 4.62. The fraction of sp³-hybridized carbons (Fsp3) is 1.00. The van der Waals surface area contributed by atoms with Crippen LogP contribution in [0.15, 0.2) is 0 Å². The number of hydrogen-bond acceptors (Lipinski definition) is 0. The van der Waals surface area contributed by atoms with Crippen molar-refractivity contribution in [1.82, 2.24) is 0 Å². The highest BCUT2D eigenvalue weighted by molar-refractivity contribution is 6.77. The Kier molecular flexibility index (Phi) is 11.3. The van der Waals surface area contributed by atoms with Crippen LogP contribution in [0.3, 0.4) is 0 Å². The van der Waals surface area contributed by atoms with E-state index < -0.39 is 0 Å². The van der Waals surface area contributed by atoms with E-state index in [9.17, 15) is 0 Å². The van der Waals surface area contributed by atoms with Crippen molar-refractivity contribution in [2.24, 2.45) is 0 Å². The van der Waals surface area contributed by atoms with Crippen LogP contribution in [0.2, 0.25) is 29.8 Å². The monoisotopic (exact) mass is 244 g/mol. The molecule has 0 aliphatic rings. The Hall–Kier alpha value is 0.434. The highest BCUT2D eigenvalue weighted by Gasteiger charge is 2.16. The second-order valence-corrected chi connectivity index (χ2v) is 12.8. The average Bonchev–Trinajstić information content (AvgIpc) is 2.19. The first-order chi connectivity index (χ1) is 7.28. The summed E-state index contributed by atoms with van der Waals surface area (Å²) in [6, 6.07) is 6.52. The molecular weight excluding hydrogens is 212 g/mol. The van der Waals surface area contributed by atoms with Gasteiger partial charge in [-0.1, -0.05) is 83.2 Å². The lowest BCUT2D eigenvalue weighted by molar-refractivity contribution is 0.982. The molecule has 0 spiro atoms. The van der Waals surface area contributed by atoms with Crippen LogP contribution in [0.1, 0.15) is 53.4 Å². The van der Waals surface area contributed by atoms with E-state index in [0.717, 1.165) is 0 Å². The summed E-state index contributed by atoms with van der Waals surface area (Å²) in [5, 5.41) is 0. The second-order valence-electron chi connectivity index (χ2n) is 5.12. The van der Waals surface area contributed by atoms with Crippen molar-refractivity contribution in [3.8, 4) is 0 Å². The van der Waals surface area contributed by atoms with Gasteiger partial charge in [-0.2, -0.15) is 0 Å². The van der Waals surface area contributed by atoms with Crippen molar-refractivity contribution in [2.45, 2.75) is 83.2 Å². The maximum absolute atomic E-state index is 2.38. The number of rotatable bonds is 10. The third kappa shape index (κ3) is 8.26. The predicted molar refractivity (Wildman–Crippen MR) is 79.5 cm³/mol. The molecule has 0 nitrogen and oxygen atoms in total. The largest absolute Gasteiger partial charge is 0.0664 e. The summed E-state index contributed by atoms with van der Waals surface area (Å²) in [5.41, 5.74) is 1.78. The Bertz CT molecular complexity index is 99.7. The molecule has 0 N–H and O–H groups in total. The van der Waals surface area contributed by atoms with Gasteiger partial charge in [0.05, 0.1) is 0 Å². The van der Waals surface area contributed by atoms with E-state index in [4.69, 9.17) is 0 Å². The zero-order valence-corrected chi connectivity index (χ0v) is 13.8. The first-order valence-corrected chi connectivity index (χ1v) is 12.2. The van der Waals surface area contributed by atoms with Crippen LogP contribution in [-0.4, -0.2) is 17.6 Å². The molecule has 15 heavy (non-hydrogen) atoms. The van der Waals surface area contributed by atoms with Crippen LogP contribution in [-0.2, 0) is 0 Å². The van der Waals surface area contributed by atoms with Gasteiger partial charge in [0.25, 0.3) is 0 Å². The first-order valence-electron chi connectivity index (χ1n) is 7.28. The molecule has 0 saturated carbocycles. The first kappa shape index (κ1) is 15.4. The van der Waals surface area contributed by atoms with Crippen molar-refractivity contribution in [1.29, 1.82) is 0 Å². The second kappa shape index (κ2) is 10.9. The van der Waals surface area contributed by atoms with Gasteiger partial charge in [-0.15, -0.1) is 0 Å². The molecule has 0 aliphatic carbocycles. The molecule has 0 aromatic rings. The molecule has 0 unspecified atom stereocenters. The molecule has 92 valence electrons. The molecule has 0 amide bonds. The Morgan fingerprint density at radius 1 is 0.533 bits per heavy atom. The van der Waals surface area contributed by atoms with E-state index in [2.05, 4.69) is 27.7 Å². The molecule has 0 heterocycles. The average molecular weight is 245 g/mol. The lowest BCUT2D eigenvalue weighted by Gasteiger charge is -2.20. The molecule has 0 saturated heterocycles. The molecule has 0 bridgehead atoms. The fourth-order valence-electron chi connectivity index (χ4n) is 2.86. The van der Waals surface area contributed by atoms with Crippen LogP contribution in [0.5, 0.6) is 0 Å². The smallest absolute Gasteiger partial charge is 0.0338 e. The molecule has 0 rings (SSSR count). The van der Waals surface area contributed by atoms with Gasteiger partial charge in [-0.05, 0) is 0 Å². The Morgan fingerprint density at radius 3 is 1.00 bits per heavy atom. The molecule has 2 heteroatoms. The maximum atomic E-state index is 2.38. The fourth-order valence-corrected chi connectivity index (χ4v) is 14.3. The van der Waals surface area contributed by atoms with Crippen LogP contribution >= 0.6 is 0 Å². The van der Waals surface area contributed by atoms with Crippen molar-refractivity contribution in [3.05, 3.63) is 0 Å². The zero-order chi connectivity index (χ0) is 11.5. The SMILES string of the molecule is CCC[SiH](CCC)C[SiH](CCC)CCC. The third-order valence-electron chi connectivity index (χ3n) is 3.45. The van der Waals surface area contributed by atoms with E-state index >= 15 is 0 Å². The lowest BCUT2D eigenvalue weighted by atomic mass is 10.6. The van der Waals surface area contributed by atoms with Gasteiger partial charge < -0.3 is 0 Å². The number of hydrogen-bond donors (Lipinski definition) is 0. The van der Waals surface area contributed by atoms with Crippen molar-refractivity contribution in [2.75, 3.05) is 0 Å². The van der Waals surface area contributed by atoms with Crippen molar-refractivity contribution < 1.29 is 0 Å². The molecule has 0 aromatic carbocycles.